The number of aliphatic hydroxyl groups excluding tert-OH is 1. The number of benzene rings is 1. The first-order valence-corrected chi connectivity index (χ1v) is 6.63. The van der Waals surface area contributed by atoms with E-state index >= 15 is 0 Å². The quantitative estimate of drug-likeness (QED) is 0.885. The molecule has 1 atom stereocenters. The highest BCUT2D eigenvalue weighted by molar-refractivity contribution is 5.32. The van der Waals surface area contributed by atoms with E-state index in [1.54, 1.807) is 0 Å². The van der Waals surface area contributed by atoms with Crippen molar-refractivity contribution in [3.8, 4) is 0 Å². The Bertz CT molecular complexity index is 393. The summed E-state index contributed by atoms with van der Waals surface area (Å²) in [4.78, 5) is 2.20. The molecule has 0 aliphatic carbocycles. The molecule has 0 fully saturated rings. The minimum absolute atomic E-state index is 0.261. The summed E-state index contributed by atoms with van der Waals surface area (Å²) < 4.78 is 0. The summed E-state index contributed by atoms with van der Waals surface area (Å²) in [7, 11) is 2.07. The third-order valence-corrected chi connectivity index (χ3v) is 3.01. The molecule has 0 bridgehead atoms. The van der Waals surface area contributed by atoms with E-state index in [1.807, 2.05) is 6.07 Å². The van der Waals surface area contributed by atoms with Gasteiger partial charge < -0.3 is 10.0 Å². The third-order valence-electron chi connectivity index (χ3n) is 3.01. The van der Waals surface area contributed by atoms with Gasteiger partial charge in [0.2, 0.25) is 0 Å². The van der Waals surface area contributed by atoms with Crippen LogP contribution in [0, 0.1) is 19.3 Å². The molecule has 0 heterocycles. The Labute approximate surface area is 112 Å². The highest BCUT2D eigenvalue weighted by Crippen LogP contribution is 2.21. The van der Waals surface area contributed by atoms with E-state index in [4.69, 9.17) is 0 Å². The fraction of sp³-hybridized carbons (Fsp3) is 0.625. The lowest BCUT2D eigenvalue weighted by Crippen LogP contribution is -2.32. The zero-order chi connectivity index (χ0) is 13.9. The van der Waals surface area contributed by atoms with Crippen LogP contribution in [0.1, 0.15) is 43.6 Å². The molecule has 1 rings (SSSR count). The van der Waals surface area contributed by atoms with Crippen LogP contribution in [-0.4, -0.2) is 30.1 Å². The van der Waals surface area contributed by atoms with Crippen molar-refractivity contribution in [3.05, 3.63) is 34.9 Å². The van der Waals surface area contributed by atoms with Crippen LogP contribution in [-0.2, 0) is 0 Å². The van der Waals surface area contributed by atoms with Crippen LogP contribution in [0.3, 0.4) is 0 Å². The van der Waals surface area contributed by atoms with E-state index in [2.05, 4.69) is 58.7 Å². The number of nitrogens with zero attached hydrogens (tertiary/aromatic N) is 1. The summed E-state index contributed by atoms with van der Waals surface area (Å²) in [6.07, 6.45) is -0.405. The van der Waals surface area contributed by atoms with Crippen LogP contribution in [0.4, 0.5) is 0 Å². The Morgan fingerprint density at radius 1 is 1.22 bits per heavy atom. The van der Waals surface area contributed by atoms with Crippen molar-refractivity contribution in [2.75, 3.05) is 20.1 Å². The molecule has 102 valence electrons. The topological polar surface area (TPSA) is 23.5 Å². The molecule has 0 aliphatic heterocycles. The Hall–Kier alpha value is -0.860. The van der Waals surface area contributed by atoms with Crippen molar-refractivity contribution < 1.29 is 5.11 Å². The van der Waals surface area contributed by atoms with Gasteiger partial charge in [-0.05, 0) is 37.4 Å². The van der Waals surface area contributed by atoms with Gasteiger partial charge in [0.05, 0.1) is 6.10 Å². The van der Waals surface area contributed by atoms with Gasteiger partial charge in [-0.2, -0.15) is 0 Å². The van der Waals surface area contributed by atoms with Crippen molar-refractivity contribution in [2.45, 2.75) is 40.7 Å². The van der Waals surface area contributed by atoms with Gasteiger partial charge in [-0.25, -0.2) is 0 Å². The van der Waals surface area contributed by atoms with E-state index < -0.39 is 6.10 Å². The maximum atomic E-state index is 10.3. The van der Waals surface area contributed by atoms with Gasteiger partial charge in [-0.15, -0.1) is 0 Å². The van der Waals surface area contributed by atoms with Crippen LogP contribution in [0.5, 0.6) is 0 Å². The first-order chi connectivity index (χ1) is 8.19. The molecule has 2 nitrogen and oxygen atoms in total. The van der Waals surface area contributed by atoms with Crippen molar-refractivity contribution >= 4 is 0 Å². The van der Waals surface area contributed by atoms with Gasteiger partial charge in [-0.1, -0.05) is 44.5 Å². The average Bonchev–Trinajstić information content (AvgIpc) is 2.13. The van der Waals surface area contributed by atoms with E-state index in [0.717, 1.165) is 12.1 Å². The number of likely N-dealkylation sites (N-methyl/N-ethyl adjacent to an activating group) is 1. The Morgan fingerprint density at radius 2 is 1.83 bits per heavy atom. The largest absolute Gasteiger partial charge is 0.387 e. The molecule has 0 aliphatic rings. The van der Waals surface area contributed by atoms with Gasteiger partial charge in [-0.3, -0.25) is 0 Å². The van der Waals surface area contributed by atoms with Crippen LogP contribution < -0.4 is 0 Å². The summed E-state index contributed by atoms with van der Waals surface area (Å²) in [6.45, 7) is 12.5. The molecular formula is C16H27NO. The molecule has 2 heteroatoms. The molecule has 18 heavy (non-hydrogen) atoms. The summed E-state index contributed by atoms with van der Waals surface area (Å²) in [5.41, 5.74) is 3.72. The first kappa shape index (κ1) is 15.2. The number of hydrogen-bond acceptors (Lipinski definition) is 2. The van der Waals surface area contributed by atoms with Crippen LogP contribution >= 0.6 is 0 Å². The standard InChI is InChI=1S/C16H27NO/c1-12-7-8-14(13(2)9-12)15(18)10-17(6)11-16(3,4)5/h7-9,15,18H,10-11H2,1-6H3. The summed E-state index contributed by atoms with van der Waals surface area (Å²) in [5, 5.41) is 10.3. The molecular weight excluding hydrogens is 222 g/mol. The maximum Gasteiger partial charge on any atom is 0.0919 e. The fourth-order valence-corrected chi connectivity index (χ4v) is 2.47. The molecule has 1 aromatic rings. The Kier molecular flexibility index (Phi) is 4.94. The van der Waals surface area contributed by atoms with Gasteiger partial charge in [0.1, 0.15) is 0 Å². The molecule has 1 N–H and O–H groups in total. The number of rotatable bonds is 4. The zero-order valence-corrected chi connectivity index (χ0v) is 12.6. The smallest absolute Gasteiger partial charge is 0.0919 e. The van der Waals surface area contributed by atoms with Crippen molar-refractivity contribution in [1.29, 1.82) is 0 Å². The minimum Gasteiger partial charge on any atom is -0.387 e. The summed E-state index contributed by atoms with van der Waals surface area (Å²) >= 11 is 0. The van der Waals surface area contributed by atoms with Crippen LogP contribution in [0.2, 0.25) is 0 Å². The SMILES string of the molecule is Cc1ccc(C(O)CN(C)CC(C)(C)C)c(C)c1. The highest BCUT2D eigenvalue weighted by Gasteiger charge is 2.17. The lowest BCUT2D eigenvalue weighted by atomic mass is 9.95. The summed E-state index contributed by atoms with van der Waals surface area (Å²) in [5.74, 6) is 0. The molecule has 0 amide bonds. The van der Waals surface area contributed by atoms with E-state index in [0.29, 0.717) is 6.54 Å². The predicted octanol–water partition coefficient (Wildman–Crippen LogP) is 3.31. The Morgan fingerprint density at radius 3 is 2.33 bits per heavy atom. The van der Waals surface area contributed by atoms with E-state index in [9.17, 15) is 5.11 Å². The molecule has 0 saturated heterocycles. The zero-order valence-electron chi connectivity index (χ0n) is 12.6. The lowest BCUT2D eigenvalue weighted by Gasteiger charge is -2.28. The van der Waals surface area contributed by atoms with Gasteiger partial charge in [0.25, 0.3) is 0 Å². The minimum atomic E-state index is -0.405. The second-order valence-corrected chi connectivity index (χ2v) is 6.63. The second kappa shape index (κ2) is 5.85. The molecule has 0 radical (unpaired) electrons. The molecule has 0 spiro atoms. The average molecular weight is 249 g/mol. The monoisotopic (exact) mass is 249 g/mol. The Balaban J connectivity index is 2.67. The number of aliphatic hydroxyl groups is 1. The molecule has 1 unspecified atom stereocenters. The van der Waals surface area contributed by atoms with E-state index in [1.165, 1.54) is 11.1 Å². The van der Waals surface area contributed by atoms with Crippen molar-refractivity contribution in [1.82, 2.24) is 4.90 Å². The van der Waals surface area contributed by atoms with Crippen molar-refractivity contribution in [3.63, 3.8) is 0 Å². The molecule has 1 aromatic carbocycles. The summed E-state index contributed by atoms with van der Waals surface area (Å²) in [6, 6.07) is 6.23. The number of aryl methyl sites for hydroxylation is 2. The predicted molar refractivity (Wildman–Crippen MR) is 77.8 cm³/mol. The lowest BCUT2D eigenvalue weighted by molar-refractivity contribution is 0.108. The first-order valence-electron chi connectivity index (χ1n) is 6.63. The van der Waals surface area contributed by atoms with E-state index in [-0.39, 0.29) is 5.41 Å². The van der Waals surface area contributed by atoms with Gasteiger partial charge >= 0.3 is 0 Å². The molecule has 0 saturated carbocycles. The van der Waals surface area contributed by atoms with Gasteiger partial charge in [0.15, 0.2) is 0 Å². The normalized spacial score (nSPS) is 14.0. The van der Waals surface area contributed by atoms with Crippen molar-refractivity contribution in [2.24, 2.45) is 5.41 Å². The van der Waals surface area contributed by atoms with Crippen LogP contribution in [0.25, 0.3) is 0 Å². The van der Waals surface area contributed by atoms with Crippen LogP contribution in [0.15, 0.2) is 18.2 Å². The molecule has 0 aromatic heterocycles. The second-order valence-electron chi connectivity index (χ2n) is 6.63. The maximum absolute atomic E-state index is 10.3. The highest BCUT2D eigenvalue weighted by atomic mass is 16.3. The third kappa shape index (κ3) is 4.79. The number of hydrogen-bond donors (Lipinski definition) is 1. The van der Waals surface area contributed by atoms with Gasteiger partial charge in [0, 0.05) is 13.1 Å². The fourth-order valence-electron chi connectivity index (χ4n) is 2.47.